The van der Waals surface area contributed by atoms with Gasteiger partial charge in [0.2, 0.25) is 0 Å². The first kappa shape index (κ1) is 70.3. The van der Waals surface area contributed by atoms with Crippen molar-refractivity contribution in [3.8, 4) is 135 Å². The third-order valence-corrected chi connectivity index (χ3v) is 19.4. The summed E-state index contributed by atoms with van der Waals surface area (Å²) in [5.74, 6) is 1.25. The van der Waals surface area contributed by atoms with Crippen LogP contribution in [0.1, 0.15) is 58.4 Å². The van der Waals surface area contributed by atoms with Gasteiger partial charge < -0.3 is 65.5 Å². The molecule has 0 unspecified atom stereocenters. The molecule has 14 aromatic rings. The first-order valence-electron chi connectivity index (χ1n) is 35.4. The zero-order chi connectivity index (χ0) is 74.2. The van der Waals surface area contributed by atoms with Crippen LogP contribution in [-0.4, -0.2) is 84.0 Å². The molecule has 0 saturated carbocycles. The van der Waals surface area contributed by atoms with E-state index in [0.29, 0.717) is 44.8 Å². The van der Waals surface area contributed by atoms with Gasteiger partial charge in [0.05, 0.1) is 45.6 Å². The maximum absolute atomic E-state index is 10.2. The van der Waals surface area contributed by atoms with Gasteiger partial charge in [0.15, 0.2) is 0 Å². The van der Waals surface area contributed by atoms with Gasteiger partial charge in [0, 0.05) is 57.5 Å². The Morgan fingerprint density at radius 1 is 0.218 bits per heavy atom. The van der Waals surface area contributed by atoms with Crippen molar-refractivity contribution in [2.24, 2.45) is 0 Å². The fourth-order valence-corrected chi connectivity index (χ4v) is 14.2. The molecule has 1 fully saturated rings. The molecule has 10 N–H and O–H groups in total. The number of rotatable bonds is 8. The molecular formula is C92H66N8O9Zn. The minimum atomic E-state index is 0. The first-order valence-corrected chi connectivity index (χ1v) is 35.4. The van der Waals surface area contributed by atoms with Gasteiger partial charge >= 0.3 is 19.5 Å². The molecule has 1 saturated heterocycles. The van der Waals surface area contributed by atoms with Gasteiger partial charge in [-0.1, -0.05) is 121 Å². The van der Waals surface area contributed by atoms with E-state index in [-0.39, 0.29) is 65.5 Å². The van der Waals surface area contributed by atoms with Gasteiger partial charge in [-0.2, -0.15) is 0 Å². The molecule has 0 aliphatic carbocycles. The van der Waals surface area contributed by atoms with Gasteiger partial charge in [0.1, 0.15) is 46.0 Å². The zero-order valence-electron chi connectivity index (χ0n) is 58.9. The van der Waals surface area contributed by atoms with E-state index in [2.05, 4.69) is 9.97 Å². The molecule has 6 aromatic heterocycles. The number of H-pyrrole nitrogens is 2. The predicted octanol–water partition coefficient (Wildman–Crippen LogP) is 20.3. The SMILES string of the molecule is C1CCOC1.Oc1ccc(-c2c3nc(c(-c4ccc(O)cc4)c4ccc([n-]4)c(-c4ccc(O)cc4)c4nc(c(-c5ccc(O)cc5)c5ccc2[n-]5)C=C4)C=C3)cc1.Oc1ccc(-c2c3nc(c(-c4ccc(O)cc4)c4ccc([nH]4)c(-c4ccc(O)cc4)c4nc(c(-c5ccc(O)cc5)c5ccc2[nH]5)C=C4)C=C3)cc1.[Zn+2]. The first-order chi connectivity index (χ1) is 53.2. The van der Waals surface area contributed by atoms with Crippen molar-refractivity contribution in [2.45, 2.75) is 12.8 Å². The van der Waals surface area contributed by atoms with E-state index >= 15 is 0 Å². The van der Waals surface area contributed by atoms with E-state index in [1.54, 1.807) is 97.1 Å². The van der Waals surface area contributed by atoms with Crippen LogP contribution in [0.5, 0.6) is 46.0 Å². The average Bonchev–Trinajstić information content (AvgIpc) is 1.61. The van der Waals surface area contributed by atoms with Crippen LogP contribution in [0.3, 0.4) is 0 Å². The third-order valence-electron chi connectivity index (χ3n) is 19.4. The summed E-state index contributed by atoms with van der Waals surface area (Å²) < 4.78 is 4.94. The van der Waals surface area contributed by atoms with Crippen molar-refractivity contribution in [3.05, 3.63) is 288 Å². The number of aromatic nitrogens is 8. The van der Waals surface area contributed by atoms with Gasteiger partial charge in [-0.15, -0.1) is 22.1 Å². The third kappa shape index (κ3) is 14.2. The Morgan fingerprint density at radius 3 is 0.545 bits per heavy atom. The van der Waals surface area contributed by atoms with E-state index in [1.165, 1.54) is 12.8 Å². The number of hydrogen-bond donors (Lipinski definition) is 10. The second-order valence-corrected chi connectivity index (χ2v) is 26.6. The van der Waals surface area contributed by atoms with Gasteiger partial charge in [-0.3, -0.25) is 0 Å². The van der Waals surface area contributed by atoms with Gasteiger partial charge in [-0.05, 0) is 250 Å². The molecule has 5 aliphatic rings. The normalized spacial score (nSPS) is 12.4. The Morgan fingerprint density at radius 2 is 0.382 bits per heavy atom. The summed E-state index contributed by atoms with van der Waals surface area (Å²) >= 11 is 0. The molecule has 5 aliphatic heterocycles. The number of phenolic OH excluding ortho intramolecular Hbond substituents is 8. The van der Waals surface area contributed by atoms with Crippen LogP contribution in [0.2, 0.25) is 0 Å². The molecule has 0 atom stereocenters. The van der Waals surface area contributed by atoms with E-state index in [4.69, 9.17) is 34.6 Å². The number of phenols is 8. The van der Waals surface area contributed by atoms with E-state index < -0.39 is 0 Å². The predicted molar refractivity (Wildman–Crippen MR) is 433 cm³/mol. The largest absolute Gasteiger partial charge is 2.00 e. The van der Waals surface area contributed by atoms with Crippen molar-refractivity contribution in [2.75, 3.05) is 13.2 Å². The Kier molecular flexibility index (Phi) is 19.2. The summed E-state index contributed by atoms with van der Waals surface area (Å²) in [6.07, 6.45) is 18.3. The Bertz CT molecular complexity index is 5220. The summed E-state index contributed by atoms with van der Waals surface area (Å²) in [4.78, 5) is 38.6. The zero-order valence-corrected chi connectivity index (χ0v) is 61.9. The van der Waals surface area contributed by atoms with Crippen LogP contribution in [0.25, 0.3) is 182 Å². The van der Waals surface area contributed by atoms with Gasteiger partial charge in [0.25, 0.3) is 0 Å². The minimum Gasteiger partial charge on any atom is -0.657 e. The molecule has 16 bridgehead atoms. The van der Waals surface area contributed by atoms with Crippen LogP contribution < -0.4 is 9.97 Å². The maximum Gasteiger partial charge on any atom is 2.00 e. The Balaban J connectivity index is 0.000000156. The summed E-state index contributed by atoms with van der Waals surface area (Å²) in [7, 11) is 0. The van der Waals surface area contributed by atoms with Crippen molar-refractivity contribution in [1.29, 1.82) is 0 Å². The number of aromatic hydroxyl groups is 8. The second kappa shape index (κ2) is 30.1. The number of nitrogens with one attached hydrogen (secondary N) is 2. The molecule has 110 heavy (non-hydrogen) atoms. The number of hydrogen-bond acceptors (Lipinski definition) is 13. The van der Waals surface area contributed by atoms with Crippen LogP contribution in [-0.2, 0) is 24.2 Å². The number of ether oxygens (including phenoxy) is 1. The maximum atomic E-state index is 10.2. The second-order valence-electron chi connectivity index (χ2n) is 26.6. The molecule has 0 spiro atoms. The van der Waals surface area contributed by atoms with E-state index in [9.17, 15) is 40.9 Å². The minimum absolute atomic E-state index is 0. The van der Waals surface area contributed by atoms with Crippen molar-refractivity contribution in [3.63, 3.8) is 0 Å². The summed E-state index contributed by atoms with van der Waals surface area (Å²) in [6, 6.07) is 72.1. The number of fused-ring (bicyclic) bond motifs is 16. The van der Waals surface area contributed by atoms with Crippen LogP contribution in [0.4, 0.5) is 0 Å². The number of aromatic amines is 2. The monoisotopic (exact) mass is 1490 g/mol. The van der Waals surface area contributed by atoms with Gasteiger partial charge in [-0.25, -0.2) is 19.9 Å². The molecule has 18 heteroatoms. The molecule has 0 amide bonds. The number of benzene rings is 8. The average molecular weight is 1490 g/mol. The molecule has 8 aromatic carbocycles. The summed E-state index contributed by atoms with van der Waals surface area (Å²) in [6.45, 7) is 2.00. The van der Waals surface area contributed by atoms with E-state index in [0.717, 1.165) is 147 Å². The quantitative estimate of drug-likeness (QED) is 0.0633. The van der Waals surface area contributed by atoms with Crippen molar-refractivity contribution in [1.82, 2.24) is 39.9 Å². The van der Waals surface area contributed by atoms with Crippen molar-refractivity contribution >= 4 is 92.7 Å². The van der Waals surface area contributed by atoms with Crippen LogP contribution >= 0.6 is 0 Å². The fourth-order valence-electron chi connectivity index (χ4n) is 14.2. The topological polar surface area (TPSA) is 282 Å². The fraction of sp³-hybridized carbons (Fsp3) is 0.0435. The standard InChI is InChI=1S/C44H30N4O4.C44H28N4O4.C4H8O.Zn/c2*49-29-9-1-25(2-10-29)41-33-17-19-35(45-33)42(26-3-11-30(50)12-4-26)37-21-23-39(47-37)44(28-7-15-32(52)16-8-28)40-24-22-38(48-40)43(36-20-18-34(41)46-36)27-5-13-31(51)14-6-27;1-2-4-5-3-1;/h1-24,45,48-52H;1-24H,(H4-2,45,46,47,48,49,50,51,52);1-4H2;/q;-2;;+2. The summed E-state index contributed by atoms with van der Waals surface area (Å²) in [5.41, 5.74) is 24.7. The van der Waals surface area contributed by atoms with Crippen LogP contribution in [0.15, 0.2) is 243 Å². The molecule has 19 rings (SSSR count). The molecular weight excluding hydrogens is 1430 g/mol. The molecule has 530 valence electrons. The number of nitrogens with zero attached hydrogens (tertiary/aromatic N) is 6. The Labute approximate surface area is 643 Å². The molecule has 0 radical (unpaired) electrons. The van der Waals surface area contributed by atoms with Crippen LogP contribution in [0, 0.1) is 0 Å². The van der Waals surface area contributed by atoms with Crippen molar-refractivity contribution < 1.29 is 65.1 Å². The molecule has 17 nitrogen and oxygen atoms in total. The molecule has 11 heterocycles. The smallest absolute Gasteiger partial charge is 0.657 e. The Hall–Kier alpha value is -14.1. The summed E-state index contributed by atoms with van der Waals surface area (Å²) in [5, 5.41) is 81.3. The van der Waals surface area contributed by atoms with E-state index in [1.807, 2.05) is 194 Å².